The summed E-state index contributed by atoms with van der Waals surface area (Å²) in [5.41, 5.74) is 2.74. The molecule has 8 heteroatoms. The number of carbonyl (C=O) groups excluding carboxylic acids is 4. The molecule has 0 saturated heterocycles. The van der Waals surface area contributed by atoms with Crippen LogP contribution in [0.25, 0.3) is 0 Å². The highest BCUT2D eigenvalue weighted by Crippen LogP contribution is 2.39. The number of rotatable bonds is 17. The summed E-state index contributed by atoms with van der Waals surface area (Å²) >= 11 is 0. The summed E-state index contributed by atoms with van der Waals surface area (Å²) in [6.07, 6.45) is 16.0. The lowest BCUT2D eigenvalue weighted by Gasteiger charge is -2.29. The second-order valence-corrected chi connectivity index (χ2v) is 14.4. The molecule has 0 spiro atoms. The van der Waals surface area contributed by atoms with E-state index in [0.717, 1.165) is 51.7 Å². The van der Waals surface area contributed by atoms with E-state index < -0.39 is 36.1 Å². The molecule has 0 heterocycles. The van der Waals surface area contributed by atoms with Crippen LogP contribution in [0.15, 0.2) is 48.5 Å². The minimum atomic E-state index is -1.86. The predicted octanol–water partition coefficient (Wildman–Crippen LogP) is 9.49. The number of ether oxygens (including phenoxy) is 4. The number of hydrogen-bond donors (Lipinski definition) is 0. The normalized spacial score (nSPS) is 21.8. The quantitative estimate of drug-likeness (QED) is 0.0918. The number of hydrogen-bond acceptors (Lipinski definition) is 8. The lowest BCUT2D eigenvalue weighted by atomic mass is 9.77. The summed E-state index contributed by atoms with van der Waals surface area (Å²) in [5.74, 6) is -1.30. The van der Waals surface area contributed by atoms with Gasteiger partial charge in [0, 0.05) is 0 Å². The molecule has 50 heavy (non-hydrogen) atoms. The van der Waals surface area contributed by atoms with E-state index >= 15 is 0 Å². The van der Waals surface area contributed by atoms with Crippen LogP contribution < -0.4 is 0 Å². The first-order chi connectivity index (χ1) is 24.3. The number of carbonyl (C=O) groups is 4. The van der Waals surface area contributed by atoms with Gasteiger partial charge in [-0.3, -0.25) is 0 Å². The minimum Gasteiger partial charge on any atom is -0.466 e. The van der Waals surface area contributed by atoms with Crippen LogP contribution in [0, 0.1) is 11.8 Å². The smallest absolute Gasteiger partial charge is 0.351 e. The maximum atomic E-state index is 13.3. The van der Waals surface area contributed by atoms with Gasteiger partial charge in [0.15, 0.2) is 0 Å². The Balaban J connectivity index is 1.36. The van der Waals surface area contributed by atoms with Crippen LogP contribution in [0.1, 0.15) is 160 Å². The van der Waals surface area contributed by atoms with E-state index in [2.05, 4.69) is 13.8 Å². The van der Waals surface area contributed by atoms with E-state index in [1.807, 2.05) is 24.3 Å². The van der Waals surface area contributed by atoms with E-state index in [9.17, 15) is 19.2 Å². The molecular formula is C42H58O8. The van der Waals surface area contributed by atoms with Crippen molar-refractivity contribution in [2.75, 3.05) is 14.2 Å². The fourth-order valence-corrected chi connectivity index (χ4v) is 7.78. The van der Waals surface area contributed by atoms with Gasteiger partial charge in [-0.2, -0.15) is 0 Å². The Kier molecular flexibility index (Phi) is 15.8. The molecular weight excluding hydrogens is 632 g/mol. The van der Waals surface area contributed by atoms with Gasteiger partial charge in [-0.25, -0.2) is 19.2 Å². The summed E-state index contributed by atoms with van der Waals surface area (Å²) in [6, 6.07) is 14.4. The molecule has 0 N–H and O–H groups in total. The summed E-state index contributed by atoms with van der Waals surface area (Å²) < 4.78 is 20.7. The first kappa shape index (κ1) is 39.1. The highest BCUT2D eigenvalue weighted by atomic mass is 16.6. The number of methoxy groups -OCH3 is 2. The van der Waals surface area contributed by atoms with Crippen LogP contribution in [0.3, 0.4) is 0 Å². The third-order valence-corrected chi connectivity index (χ3v) is 11.0. The third kappa shape index (κ3) is 11.2. The standard InChI is InChI=1S/C42H58O8/c1-5-7-9-11-29-13-17-31(18-14-29)33-21-25-35(26-22-33)39(43)49-37(41(45)47-3)38(42(46)48-4)50-40(44)36-27-23-34(24-28-36)32-19-15-30(16-20-32)12-10-8-6-2/h21-32,37-38H,5-20H2,1-4H3/t29-,30-,31-,32-,37-,38-/m1/s1. The minimum absolute atomic E-state index is 0.205. The fourth-order valence-electron chi connectivity index (χ4n) is 7.78. The molecule has 2 fully saturated rings. The molecule has 2 aromatic carbocycles. The second kappa shape index (κ2) is 20.2. The second-order valence-electron chi connectivity index (χ2n) is 14.4. The van der Waals surface area contributed by atoms with Crippen molar-refractivity contribution in [3.63, 3.8) is 0 Å². The van der Waals surface area contributed by atoms with Crippen LogP contribution in [-0.4, -0.2) is 50.3 Å². The Morgan fingerprint density at radius 1 is 0.540 bits per heavy atom. The van der Waals surface area contributed by atoms with Crippen molar-refractivity contribution in [1.29, 1.82) is 0 Å². The van der Waals surface area contributed by atoms with E-state index in [1.165, 1.54) is 88.2 Å². The largest absolute Gasteiger partial charge is 0.466 e. The molecule has 274 valence electrons. The monoisotopic (exact) mass is 690 g/mol. The Labute approximate surface area is 299 Å². The van der Waals surface area contributed by atoms with Crippen molar-refractivity contribution in [1.82, 2.24) is 0 Å². The van der Waals surface area contributed by atoms with Crippen LogP contribution in [0.2, 0.25) is 0 Å². The van der Waals surface area contributed by atoms with Crippen LogP contribution >= 0.6 is 0 Å². The Bertz CT molecular complexity index is 1250. The van der Waals surface area contributed by atoms with Crippen molar-refractivity contribution in [2.24, 2.45) is 11.8 Å². The van der Waals surface area contributed by atoms with Gasteiger partial charge < -0.3 is 18.9 Å². The Morgan fingerprint density at radius 2 is 0.880 bits per heavy atom. The van der Waals surface area contributed by atoms with Crippen molar-refractivity contribution in [3.8, 4) is 0 Å². The molecule has 2 atom stereocenters. The SMILES string of the molecule is CCCCC[C@H]1CC[C@H](c2ccc(C(=O)O[C@@H](C(=O)OC)[C@@H](OC(=O)c3ccc([C@H]4CC[C@H](CCCCC)CC4)cc3)C(=O)OC)cc2)CC1. The van der Waals surface area contributed by atoms with Gasteiger partial charge in [0.1, 0.15) is 0 Å². The van der Waals surface area contributed by atoms with Crippen LogP contribution in [0.4, 0.5) is 0 Å². The average Bonchev–Trinajstić information content (AvgIpc) is 3.16. The van der Waals surface area contributed by atoms with Crippen molar-refractivity contribution < 1.29 is 38.1 Å². The van der Waals surface area contributed by atoms with Crippen molar-refractivity contribution in [3.05, 3.63) is 70.8 Å². The van der Waals surface area contributed by atoms with E-state index in [1.54, 1.807) is 24.3 Å². The molecule has 2 aliphatic carbocycles. The summed E-state index contributed by atoms with van der Waals surface area (Å²) in [5, 5.41) is 0. The number of esters is 4. The first-order valence-electron chi connectivity index (χ1n) is 19.0. The van der Waals surface area contributed by atoms with Crippen LogP contribution in [-0.2, 0) is 28.5 Å². The molecule has 8 nitrogen and oxygen atoms in total. The van der Waals surface area contributed by atoms with Gasteiger partial charge in [0.2, 0.25) is 12.2 Å². The van der Waals surface area contributed by atoms with Crippen molar-refractivity contribution >= 4 is 23.9 Å². The summed E-state index contributed by atoms with van der Waals surface area (Å²) in [6.45, 7) is 4.47. The summed E-state index contributed by atoms with van der Waals surface area (Å²) in [4.78, 5) is 52.2. The van der Waals surface area contributed by atoms with Gasteiger partial charge in [0.05, 0.1) is 25.3 Å². The Morgan fingerprint density at radius 3 is 1.18 bits per heavy atom. The fraction of sp³-hybridized carbons (Fsp3) is 0.619. The lowest BCUT2D eigenvalue weighted by Crippen LogP contribution is -2.47. The maximum absolute atomic E-state index is 13.3. The number of benzene rings is 2. The third-order valence-electron chi connectivity index (χ3n) is 11.0. The van der Waals surface area contributed by atoms with Gasteiger partial charge >= 0.3 is 23.9 Å². The zero-order valence-corrected chi connectivity index (χ0v) is 30.7. The average molecular weight is 691 g/mol. The van der Waals surface area contributed by atoms with E-state index in [0.29, 0.717) is 11.8 Å². The topological polar surface area (TPSA) is 105 Å². The zero-order valence-electron chi connectivity index (χ0n) is 30.7. The molecule has 0 bridgehead atoms. The molecule has 0 radical (unpaired) electrons. The molecule has 0 unspecified atom stereocenters. The molecule has 0 aromatic heterocycles. The highest BCUT2D eigenvalue weighted by Gasteiger charge is 2.42. The molecule has 2 saturated carbocycles. The maximum Gasteiger partial charge on any atom is 0.351 e. The molecule has 4 rings (SSSR count). The van der Waals surface area contributed by atoms with Gasteiger partial charge in [-0.1, -0.05) is 89.5 Å². The molecule has 2 aromatic rings. The lowest BCUT2D eigenvalue weighted by molar-refractivity contribution is -0.170. The zero-order chi connectivity index (χ0) is 35.9. The molecule has 2 aliphatic rings. The van der Waals surface area contributed by atoms with Gasteiger partial charge in [-0.05, 0) is 110 Å². The van der Waals surface area contributed by atoms with Crippen LogP contribution in [0.5, 0.6) is 0 Å². The van der Waals surface area contributed by atoms with Gasteiger partial charge in [-0.15, -0.1) is 0 Å². The van der Waals surface area contributed by atoms with Crippen molar-refractivity contribution in [2.45, 2.75) is 141 Å². The number of unbranched alkanes of at least 4 members (excludes halogenated alkanes) is 4. The van der Waals surface area contributed by atoms with E-state index in [4.69, 9.17) is 18.9 Å². The predicted molar refractivity (Wildman–Crippen MR) is 193 cm³/mol. The van der Waals surface area contributed by atoms with E-state index in [-0.39, 0.29) is 11.1 Å². The first-order valence-corrected chi connectivity index (χ1v) is 19.0. The van der Waals surface area contributed by atoms with Gasteiger partial charge in [0.25, 0.3) is 0 Å². The Hall–Kier alpha value is -3.68. The highest BCUT2D eigenvalue weighted by molar-refractivity contribution is 5.96. The molecule has 0 amide bonds. The summed E-state index contributed by atoms with van der Waals surface area (Å²) in [7, 11) is 2.20. The molecule has 0 aliphatic heterocycles.